The third kappa shape index (κ3) is 10.3. The molecule has 0 unspecified atom stereocenters. The Morgan fingerprint density at radius 3 is 1.86 bits per heavy atom. The maximum atomic E-state index is 13.7. The summed E-state index contributed by atoms with van der Waals surface area (Å²) >= 11 is 0. The van der Waals surface area contributed by atoms with E-state index in [1.807, 2.05) is 20.8 Å². The number of phosphoric acid groups is 1. The summed E-state index contributed by atoms with van der Waals surface area (Å²) in [6.07, 6.45) is 4.49. The Balaban J connectivity index is 2.69. The molecule has 1 amide bonds. The highest BCUT2D eigenvalue weighted by Crippen LogP contribution is 2.50. The number of rotatable bonds is 21. The van der Waals surface area contributed by atoms with Crippen LogP contribution < -0.4 is 14.2 Å². The molecule has 1 aromatic carbocycles. The average molecular weight is 627 g/mol. The molecule has 0 aliphatic heterocycles. The molecule has 0 N–H and O–H groups in total. The molecule has 0 bridgehead atoms. The molecule has 2 aromatic rings. The van der Waals surface area contributed by atoms with Gasteiger partial charge < -0.3 is 23.8 Å². The first-order valence-electron chi connectivity index (χ1n) is 14.8. The first kappa shape index (κ1) is 36.1. The van der Waals surface area contributed by atoms with E-state index in [0.29, 0.717) is 30.7 Å². The molecule has 12 nitrogen and oxygen atoms in total. The van der Waals surface area contributed by atoms with Crippen LogP contribution in [-0.2, 0) is 22.9 Å². The Labute approximate surface area is 255 Å². The molecule has 2 rings (SSSR count). The fraction of sp³-hybridized carbons (Fsp3) is 0.600. The fourth-order valence-corrected chi connectivity index (χ4v) is 4.91. The van der Waals surface area contributed by atoms with Crippen molar-refractivity contribution >= 4 is 19.7 Å². The van der Waals surface area contributed by atoms with Crippen molar-refractivity contribution in [3.8, 4) is 22.9 Å². The van der Waals surface area contributed by atoms with Crippen LogP contribution in [0.15, 0.2) is 24.3 Å². The fourth-order valence-electron chi connectivity index (χ4n) is 3.80. The number of ether oxygens (including phenoxy) is 4. The standard InChI is InChI=1S/C30H47N2O10P/c1-8-12-19-38-27-25(29(33)31(5)6)32(23-15-17-24(36-7)18-16-23)26(30(34)37-11-4)28(27)39-22-42-43(35,40-20-13-9-2)41-21-14-10-3/h15-18H,8-14,19-22H2,1-7H3. The van der Waals surface area contributed by atoms with Gasteiger partial charge in [0.2, 0.25) is 6.79 Å². The number of carbonyl (C=O) groups is 2. The molecule has 0 aliphatic carbocycles. The second kappa shape index (κ2) is 18.6. The van der Waals surface area contributed by atoms with Crippen molar-refractivity contribution in [1.29, 1.82) is 0 Å². The minimum absolute atomic E-state index is 0.0308. The monoisotopic (exact) mass is 626 g/mol. The van der Waals surface area contributed by atoms with Crippen LogP contribution in [0.4, 0.5) is 0 Å². The van der Waals surface area contributed by atoms with Crippen LogP contribution in [-0.4, -0.2) is 75.8 Å². The normalized spacial score (nSPS) is 11.3. The number of carbonyl (C=O) groups excluding carboxylic acids is 2. The quantitative estimate of drug-likeness (QED) is 0.0645. The van der Waals surface area contributed by atoms with E-state index in [4.69, 9.17) is 32.5 Å². The van der Waals surface area contributed by atoms with Gasteiger partial charge in [0, 0.05) is 19.8 Å². The maximum Gasteiger partial charge on any atom is 0.477 e. The van der Waals surface area contributed by atoms with E-state index in [2.05, 4.69) is 0 Å². The minimum Gasteiger partial charge on any atom is -0.497 e. The zero-order chi connectivity index (χ0) is 31.8. The Bertz CT molecular complexity index is 1180. The molecule has 0 saturated heterocycles. The van der Waals surface area contributed by atoms with Crippen LogP contribution in [0, 0.1) is 0 Å². The van der Waals surface area contributed by atoms with Crippen molar-refractivity contribution < 1.29 is 46.7 Å². The highest BCUT2D eigenvalue weighted by atomic mass is 31.2. The largest absolute Gasteiger partial charge is 0.497 e. The molecule has 242 valence electrons. The number of hydrogen-bond acceptors (Lipinski definition) is 10. The predicted molar refractivity (Wildman–Crippen MR) is 163 cm³/mol. The molecule has 0 saturated carbocycles. The van der Waals surface area contributed by atoms with E-state index < -0.39 is 26.5 Å². The summed E-state index contributed by atoms with van der Waals surface area (Å²) in [7, 11) is 0.730. The number of aromatic nitrogens is 1. The van der Waals surface area contributed by atoms with Crippen LogP contribution in [0.25, 0.3) is 5.69 Å². The van der Waals surface area contributed by atoms with E-state index in [0.717, 1.165) is 19.3 Å². The number of unbranched alkanes of at least 4 members (excludes halogenated alkanes) is 3. The lowest BCUT2D eigenvalue weighted by Gasteiger charge is -2.18. The van der Waals surface area contributed by atoms with E-state index in [9.17, 15) is 14.2 Å². The van der Waals surface area contributed by atoms with Gasteiger partial charge in [0.1, 0.15) is 5.75 Å². The topological polar surface area (TPSA) is 124 Å². The van der Waals surface area contributed by atoms with Crippen LogP contribution in [0.2, 0.25) is 0 Å². The Morgan fingerprint density at radius 2 is 1.35 bits per heavy atom. The van der Waals surface area contributed by atoms with Gasteiger partial charge in [-0.2, -0.15) is 0 Å². The first-order valence-corrected chi connectivity index (χ1v) is 16.2. The summed E-state index contributed by atoms with van der Waals surface area (Å²) in [5.74, 6) is -0.680. The summed E-state index contributed by atoms with van der Waals surface area (Å²) in [5, 5.41) is 0. The van der Waals surface area contributed by atoms with Crippen molar-refractivity contribution in [3.63, 3.8) is 0 Å². The lowest BCUT2D eigenvalue weighted by Crippen LogP contribution is -2.26. The number of hydrogen-bond donors (Lipinski definition) is 0. The number of phosphoric ester groups is 1. The molecule has 43 heavy (non-hydrogen) atoms. The van der Waals surface area contributed by atoms with Crippen LogP contribution in [0.5, 0.6) is 17.2 Å². The van der Waals surface area contributed by atoms with Gasteiger partial charge in [-0.15, -0.1) is 0 Å². The molecular weight excluding hydrogens is 579 g/mol. The summed E-state index contributed by atoms with van der Waals surface area (Å²) < 4.78 is 54.2. The van der Waals surface area contributed by atoms with Crippen molar-refractivity contribution in [2.24, 2.45) is 0 Å². The number of benzene rings is 1. The van der Waals surface area contributed by atoms with Gasteiger partial charge in [0.15, 0.2) is 22.9 Å². The molecule has 1 aromatic heterocycles. The Morgan fingerprint density at radius 1 is 0.791 bits per heavy atom. The van der Waals surface area contributed by atoms with Gasteiger partial charge in [-0.3, -0.25) is 18.4 Å². The summed E-state index contributed by atoms with van der Waals surface area (Å²) in [6, 6.07) is 6.79. The number of methoxy groups -OCH3 is 1. The van der Waals surface area contributed by atoms with Crippen molar-refractivity contribution in [1.82, 2.24) is 9.47 Å². The lowest BCUT2D eigenvalue weighted by molar-refractivity contribution is 0.0430. The molecule has 0 atom stereocenters. The Kier molecular flexibility index (Phi) is 15.6. The van der Waals surface area contributed by atoms with Crippen molar-refractivity contribution in [2.45, 2.75) is 66.2 Å². The third-order valence-electron chi connectivity index (χ3n) is 6.14. The smallest absolute Gasteiger partial charge is 0.477 e. The van der Waals surface area contributed by atoms with Gasteiger partial charge >= 0.3 is 13.8 Å². The third-order valence-corrected chi connectivity index (χ3v) is 7.56. The van der Waals surface area contributed by atoms with Crippen LogP contribution >= 0.6 is 7.82 Å². The van der Waals surface area contributed by atoms with Gasteiger partial charge in [-0.25, -0.2) is 13.9 Å². The molecule has 0 radical (unpaired) electrons. The second-order valence-corrected chi connectivity index (χ2v) is 11.4. The van der Waals surface area contributed by atoms with Crippen LogP contribution in [0.3, 0.4) is 0 Å². The van der Waals surface area contributed by atoms with Gasteiger partial charge in [0.25, 0.3) is 5.91 Å². The highest BCUT2D eigenvalue weighted by molar-refractivity contribution is 7.48. The zero-order valence-electron chi connectivity index (χ0n) is 26.5. The minimum atomic E-state index is -3.99. The van der Waals surface area contributed by atoms with E-state index in [-0.39, 0.29) is 49.3 Å². The van der Waals surface area contributed by atoms with Gasteiger partial charge in [-0.1, -0.05) is 40.0 Å². The summed E-state index contributed by atoms with van der Waals surface area (Å²) in [5.41, 5.74) is 0.411. The maximum absolute atomic E-state index is 13.7. The van der Waals surface area contributed by atoms with Gasteiger partial charge in [0.05, 0.1) is 33.5 Å². The highest BCUT2D eigenvalue weighted by Gasteiger charge is 2.36. The molecule has 0 fully saturated rings. The summed E-state index contributed by atoms with van der Waals surface area (Å²) in [6.45, 7) is 7.68. The molecule has 1 heterocycles. The van der Waals surface area contributed by atoms with Gasteiger partial charge in [-0.05, 0) is 50.5 Å². The number of esters is 1. The SMILES string of the molecule is CCCCOc1c(OCOP(=O)(OCCCC)OCCCC)c(C(=O)OCC)n(-c2ccc(OC)cc2)c1C(=O)N(C)C. The number of nitrogens with zero attached hydrogens (tertiary/aromatic N) is 2. The van der Waals surface area contributed by atoms with E-state index in [1.54, 1.807) is 45.3 Å². The molecular formula is C30H47N2O10P. The van der Waals surface area contributed by atoms with E-state index >= 15 is 0 Å². The lowest BCUT2D eigenvalue weighted by atomic mass is 10.2. The van der Waals surface area contributed by atoms with Crippen LogP contribution in [0.1, 0.15) is 87.2 Å². The second-order valence-electron chi connectivity index (χ2n) is 9.72. The molecule has 0 spiro atoms. The predicted octanol–water partition coefficient (Wildman–Crippen LogP) is 6.64. The Hall–Kier alpha value is -3.05. The summed E-state index contributed by atoms with van der Waals surface area (Å²) in [4.78, 5) is 28.5. The molecule has 0 aliphatic rings. The van der Waals surface area contributed by atoms with E-state index in [1.165, 1.54) is 16.6 Å². The zero-order valence-corrected chi connectivity index (χ0v) is 27.4. The van der Waals surface area contributed by atoms with Crippen molar-refractivity contribution in [3.05, 3.63) is 35.7 Å². The average Bonchev–Trinajstić information content (AvgIpc) is 3.31. The molecule has 13 heteroatoms. The first-order chi connectivity index (χ1) is 20.7. The number of amides is 1. The van der Waals surface area contributed by atoms with Crippen molar-refractivity contribution in [2.75, 3.05) is 54.4 Å².